The summed E-state index contributed by atoms with van der Waals surface area (Å²) in [5.41, 5.74) is 0.909. The number of benzene rings is 2. The van der Waals surface area contributed by atoms with E-state index in [2.05, 4.69) is 0 Å². The number of ether oxygens (including phenoxy) is 1. The van der Waals surface area contributed by atoms with Crippen molar-refractivity contribution in [2.75, 3.05) is 0 Å². The molecule has 0 bridgehead atoms. The molecule has 0 aliphatic carbocycles. The highest BCUT2D eigenvalue weighted by Crippen LogP contribution is 2.34. The molecule has 1 N–H and O–H groups in total. The van der Waals surface area contributed by atoms with Crippen LogP contribution in [0.4, 0.5) is 4.39 Å². The van der Waals surface area contributed by atoms with Gasteiger partial charge in [-0.25, -0.2) is 4.39 Å². The largest absolute Gasteiger partial charge is 0.455 e. The molecular formula is C15H11ClFNO2. The monoisotopic (exact) mass is 291 g/mol. The van der Waals surface area contributed by atoms with Gasteiger partial charge in [-0.05, 0) is 37.3 Å². The van der Waals surface area contributed by atoms with Gasteiger partial charge in [-0.1, -0.05) is 17.7 Å². The lowest BCUT2D eigenvalue weighted by atomic mass is 10.1. The van der Waals surface area contributed by atoms with E-state index in [1.165, 1.54) is 18.2 Å². The second-order valence-corrected chi connectivity index (χ2v) is 4.62. The van der Waals surface area contributed by atoms with Gasteiger partial charge in [0.2, 0.25) is 0 Å². The summed E-state index contributed by atoms with van der Waals surface area (Å²) in [6.45, 7) is 1.58. The standard InChI is InChI=1S/C15H11ClFNO2/c1-9(19)12-4-2-10(8-18)6-15(12)20-14-5-3-11(17)7-13(14)16/h2-7,9,19H,1H3. The second kappa shape index (κ2) is 5.91. The molecule has 0 saturated carbocycles. The maximum Gasteiger partial charge on any atom is 0.146 e. The summed E-state index contributed by atoms with van der Waals surface area (Å²) in [5, 5.41) is 18.7. The van der Waals surface area contributed by atoms with Crippen molar-refractivity contribution in [3.63, 3.8) is 0 Å². The summed E-state index contributed by atoms with van der Waals surface area (Å²) in [4.78, 5) is 0. The van der Waals surface area contributed by atoms with Crippen LogP contribution in [0.2, 0.25) is 5.02 Å². The van der Waals surface area contributed by atoms with Crippen LogP contribution < -0.4 is 4.74 Å². The van der Waals surface area contributed by atoms with E-state index in [0.29, 0.717) is 16.9 Å². The fourth-order valence-electron chi connectivity index (χ4n) is 1.71. The van der Waals surface area contributed by atoms with Gasteiger partial charge in [0.15, 0.2) is 0 Å². The molecule has 0 aromatic heterocycles. The maximum absolute atomic E-state index is 13.0. The Balaban J connectivity index is 2.43. The van der Waals surface area contributed by atoms with Crippen LogP contribution in [-0.4, -0.2) is 5.11 Å². The molecule has 2 rings (SSSR count). The van der Waals surface area contributed by atoms with Crippen molar-refractivity contribution in [1.29, 1.82) is 5.26 Å². The van der Waals surface area contributed by atoms with Gasteiger partial charge in [0, 0.05) is 5.56 Å². The predicted molar refractivity (Wildman–Crippen MR) is 73.3 cm³/mol. The number of rotatable bonds is 3. The van der Waals surface area contributed by atoms with E-state index in [0.717, 1.165) is 6.07 Å². The summed E-state index contributed by atoms with van der Waals surface area (Å²) in [6, 6.07) is 10.4. The normalized spacial score (nSPS) is 11.8. The molecule has 5 heteroatoms. The topological polar surface area (TPSA) is 53.2 Å². The molecule has 102 valence electrons. The van der Waals surface area contributed by atoms with Gasteiger partial charge in [0.1, 0.15) is 17.3 Å². The molecular weight excluding hydrogens is 281 g/mol. The highest BCUT2D eigenvalue weighted by molar-refractivity contribution is 6.32. The van der Waals surface area contributed by atoms with Gasteiger partial charge < -0.3 is 9.84 Å². The number of aliphatic hydroxyl groups excluding tert-OH is 1. The molecule has 0 aliphatic rings. The molecule has 0 heterocycles. The SMILES string of the molecule is CC(O)c1ccc(C#N)cc1Oc1ccc(F)cc1Cl. The zero-order chi connectivity index (χ0) is 14.7. The van der Waals surface area contributed by atoms with Crippen LogP contribution in [0.5, 0.6) is 11.5 Å². The third-order valence-corrected chi connectivity index (χ3v) is 3.00. The van der Waals surface area contributed by atoms with Crippen LogP contribution in [0.25, 0.3) is 0 Å². The first kappa shape index (κ1) is 14.3. The van der Waals surface area contributed by atoms with Crippen LogP contribution in [0.15, 0.2) is 36.4 Å². The third-order valence-electron chi connectivity index (χ3n) is 2.71. The molecule has 0 aliphatic heterocycles. The van der Waals surface area contributed by atoms with E-state index in [1.807, 2.05) is 6.07 Å². The van der Waals surface area contributed by atoms with Gasteiger partial charge in [0.25, 0.3) is 0 Å². The number of halogens is 2. The summed E-state index contributed by atoms with van der Waals surface area (Å²) in [7, 11) is 0. The van der Waals surface area contributed by atoms with Crippen molar-refractivity contribution in [2.24, 2.45) is 0 Å². The fourth-order valence-corrected chi connectivity index (χ4v) is 1.92. The Hall–Kier alpha value is -2.09. The highest BCUT2D eigenvalue weighted by atomic mass is 35.5. The average molecular weight is 292 g/mol. The quantitative estimate of drug-likeness (QED) is 0.922. The van der Waals surface area contributed by atoms with Crippen molar-refractivity contribution in [2.45, 2.75) is 13.0 Å². The maximum atomic E-state index is 13.0. The first-order valence-corrected chi connectivity index (χ1v) is 6.24. The Bertz CT molecular complexity index is 680. The lowest BCUT2D eigenvalue weighted by molar-refractivity contribution is 0.195. The summed E-state index contributed by atoms with van der Waals surface area (Å²) in [6.07, 6.45) is -0.767. The van der Waals surface area contributed by atoms with Crippen molar-refractivity contribution in [3.05, 3.63) is 58.4 Å². The van der Waals surface area contributed by atoms with Crippen LogP contribution in [-0.2, 0) is 0 Å². The van der Waals surface area contributed by atoms with Crippen molar-refractivity contribution in [1.82, 2.24) is 0 Å². The lowest BCUT2D eigenvalue weighted by Gasteiger charge is -2.14. The molecule has 0 saturated heterocycles. The molecule has 1 unspecified atom stereocenters. The lowest BCUT2D eigenvalue weighted by Crippen LogP contribution is -1.97. The first-order valence-electron chi connectivity index (χ1n) is 5.86. The molecule has 3 nitrogen and oxygen atoms in total. The smallest absolute Gasteiger partial charge is 0.146 e. The van der Waals surface area contributed by atoms with Crippen LogP contribution in [0.3, 0.4) is 0 Å². The number of hydrogen-bond donors (Lipinski definition) is 1. The van der Waals surface area contributed by atoms with Crippen LogP contribution >= 0.6 is 11.6 Å². The third kappa shape index (κ3) is 3.08. The van der Waals surface area contributed by atoms with Gasteiger partial charge in [-0.2, -0.15) is 5.26 Å². The summed E-state index contributed by atoms with van der Waals surface area (Å²) >= 11 is 5.89. The van der Waals surface area contributed by atoms with Gasteiger partial charge >= 0.3 is 0 Å². The van der Waals surface area contributed by atoms with Gasteiger partial charge in [0.05, 0.1) is 22.8 Å². The Labute approximate surface area is 120 Å². The van der Waals surface area contributed by atoms with Crippen molar-refractivity contribution < 1.29 is 14.2 Å². The van der Waals surface area contributed by atoms with E-state index in [4.69, 9.17) is 21.6 Å². The number of nitrogens with zero attached hydrogens (tertiary/aromatic N) is 1. The van der Waals surface area contributed by atoms with Gasteiger partial charge in [-0.3, -0.25) is 0 Å². The first-order chi connectivity index (χ1) is 9.51. The molecule has 0 amide bonds. The van der Waals surface area contributed by atoms with Crippen LogP contribution in [0.1, 0.15) is 24.2 Å². The van der Waals surface area contributed by atoms with Crippen LogP contribution in [0, 0.1) is 17.1 Å². The molecule has 0 fully saturated rings. The Morgan fingerprint density at radius 2 is 2.00 bits per heavy atom. The van der Waals surface area contributed by atoms with E-state index in [9.17, 15) is 9.50 Å². The number of nitriles is 1. The molecule has 0 radical (unpaired) electrons. The highest BCUT2D eigenvalue weighted by Gasteiger charge is 2.13. The van der Waals surface area contributed by atoms with E-state index in [1.54, 1.807) is 19.1 Å². The van der Waals surface area contributed by atoms with Crippen molar-refractivity contribution in [3.8, 4) is 17.6 Å². The summed E-state index contributed by atoms with van der Waals surface area (Å²) in [5.74, 6) is 0.0986. The second-order valence-electron chi connectivity index (χ2n) is 4.22. The van der Waals surface area contributed by atoms with Gasteiger partial charge in [-0.15, -0.1) is 0 Å². The Morgan fingerprint density at radius 3 is 2.60 bits per heavy atom. The zero-order valence-electron chi connectivity index (χ0n) is 10.6. The molecule has 20 heavy (non-hydrogen) atoms. The van der Waals surface area contributed by atoms with Crippen molar-refractivity contribution >= 4 is 11.6 Å². The Kier molecular flexibility index (Phi) is 4.23. The molecule has 2 aromatic carbocycles. The fraction of sp³-hybridized carbons (Fsp3) is 0.133. The Morgan fingerprint density at radius 1 is 1.25 bits per heavy atom. The minimum Gasteiger partial charge on any atom is -0.455 e. The predicted octanol–water partition coefficient (Wildman–Crippen LogP) is 4.20. The average Bonchev–Trinajstić information content (AvgIpc) is 2.41. The molecule has 0 spiro atoms. The van der Waals surface area contributed by atoms with E-state index in [-0.39, 0.29) is 10.8 Å². The zero-order valence-corrected chi connectivity index (χ0v) is 11.4. The number of aliphatic hydroxyl groups is 1. The molecule has 1 atom stereocenters. The minimum atomic E-state index is -0.767. The minimum absolute atomic E-state index is 0.115. The molecule has 2 aromatic rings. The van der Waals surface area contributed by atoms with E-state index >= 15 is 0 Å². The van der Waals surface area contributed by atoms with E-state index < -0.39 is 11.9 Å². The summed E-state index contributed by atoms with van der Waals surface area (Å²) < 4.78 is 18.6. The number of hydrogen-bond acceptors (Lipinski definition) is 3.